The van der Waals surface area contributed by atoms with Crippen molar-refractivity contribution >= 4 is 38.9 Å². The second-order valence-electron chi connectivity index (χ2n) is 7.20. The van der Waals surface area contributed by atoms with E-state index in [0.717, 1.165) is 16.7 Å². The normalized spacial score (nSPS) is 11.1. The van der Waals surface area contributed by atoms with Gasteiger partial charge in [0.15, 0.2) is 6.61 Å². The number of amides is 1. The summed E-state index contributed by atoms with van der Waals surface area (Å²) in [6.07, 6.45) is 0. The lowest BCUT2D eigenvalue weighted by Gasteiger charge is -2.12. The maximum Gasteiger partial charge on any atom is 0.262 e. The summed E-state index contributed by atoms with van der Waals surface area (Å²) in [5, 5.41) is 2.84. The van der Waals surface area contributed by atoms with Crippen LogP contribution in [0, 0.1) is 20.8 Å². The van der Waals surface area contributed by atoms with Gasteiger partial charge in [-0.1, -0.05) is 35.4 Å². The molecule has 0 aromatic heterocycles. The molecule has 6 nitrogen and oxygen atoms in total. The maximum atomic E-state index is 12.6. The first-order valence-electron chi connectivity index (χ1n) is 9.53. The van der Waals surface area contributed by atoms with E-state index < -0.39 is 10.0 Å². The molecule has 162 valence electrons. The van der Waals surface area contributed by atoms with Gasteiger partial charge in [0.05, 0.1) is 9.92 Å². The van der Waals surface area contributed by atoms with Crippen LogP contribution in [0.15, 0.2) is 65.6 Å². The molecule has 3 rings (SSSR count). The SMILES string of the molecule is Cc1ccc(NS(=O)(=O)c2ccc(OCC(=O)Nc3ccc(C)c(C)c3)c(Cl)c2)cc1. The quantitative estimate of drug-likeness (QED) is 0.516. The summed E-state index contributed by atoms with van der Waals surface area (Å²) in [5.41, 5.74) is 4.34. The van der Waals surface area contributed by atoms with Gasteiger partial charge < -0.3 is 10.1 Å². The topological polar surface area (TPSA) is 84.5 Å². The van der Waals surface area contributed by atoms with Gasteiger partial charge in [0.2, 0.25) is 0 Å². The van der Waals surface area contributed by atoms with Gasteiger partial charge in [-0.25, -0.2) is 8.42 Å². The molecule has 0 atom stereocenters. The minimum atomic E-state index is -3.81. The lowest BCUT2D eigenvalue weighted by atomic mass is 10.1. The van der Waals surface area contributed by atoms with E-state index in [9.17, 15) is 13.2 Å². The molecular weight excluding hydrogens is 436 g/mol. The van der Waals surface area contributed by atoms with Crippen LogP contribution in [0.25, 0.3) is 0 Å². The summed E-state index contributed by atoms with van der Waals surface area (Å²) in [6.45, 7) is 5.61. The van der Waals surface area contributed by atoms with Crippen molar-refractivity contribution in [3.05, 3.63) is 82.4 Å². The maximum absolute atomic E-state index is 12.6. The zero-order valence-corrected chi connectivity index (χ0v) is 19.0. The highest BCUT2D eigenvalue weighted by Crippen LogP contribution is 2.28. The molecule has 0 saturated carbocycles. The molecule has 3 aromatic rings. The fraction of sp³-hybridized carbons (Fsp3) is 0.174. The summed E-state index contributed by atoms with van der Waals surface area (Å²) >= 11 is 6.19. The van der Waals surface area contributed by atoms with Gasteiger partial charge in [0.1, 0.15) is 5.75 Å². The summed E-state index contributed by atoms with van der Waals surface area (Å²) < 4.78 is 33.2. The van der Waals surface area contributed by atoms with Crippen molar-refractivity contribution in [2.24, 2.45) is 0 Å². The second-order valence-corrected chi connectivity index (χ2v) is 9.29. The highest BCUT2D eigenvalue weighted by Gasteiger charge is 2.17. The predicted octanol–water partition coefficient (Wildman–Crippen LogP) is 5.08. The number of anilines is 2. The molecular formula is C23H23ClN2O4S. The molecule has 0 aliphatic heterocycles. The predicted molar refractivity (Wildman–Crippen MR) is 123 cm³/mol. The minimum absolute atomic E-state index is 0.00925. The Morgan fingerprint density at radius 3 is 2.23 bits per heavy atom. The van der Waals surface area contributed by atoms with E-state index in [0.29, 0.717) is 11.4 Å². The second kappa shape index (κ2) is 9.41. The lowest BCUT2D eigenvalue weighted by Crippen LogP contribution is -2.20. The van der Waals surface area contributed by atoms with E-state index in [-0.39, 0.29) is 28.2 Å². The number of ether oxygens (including phenoxy) is 1. The zero-order chi connectivity index (χ0) is 22.6. The van der Waals surface area contributed by atoms with E-state index >= 15 is 0 Å². The van der Waals surface area contributed by atoms with Crippen molar-refractivity contribution in [1.29, 1.82) is 0 Å². The number of aryl methyl sites for hydroxylation is 3. The number of carbonyl (C=O) groups is 1. The zero-order valence-electron chi connectivity index (χ0n) is 17.4. The number of rotatable bonds is 7. The highest BCUT2D eigenvalue weighted by atomic mass is 35.5. The summed E-state index contributed by atoms with van der Waals surface area (Å²) in [4.78, 5) is 12.2. The van der Waals surface area contributed by atoms with Crippen molar-refractivity contribution < 1.29 is 17.9 Å². The smallest absolute Gasteiger partial charge is 0.262 e. The van der Waals surface area contributed by atoms with E-state index in [1.165, 1.54) is 18.2 Å². The Balaban J connectivity index is 1.64. The number of sulfonamides is 1. The first kappa shape index (κ1) is 22.7. The molecule has 3 aromatic carbocycles. The van der Waals surface area contributed by atoms with Gasteiger partial charge in [-0.05, 0) is 74.4 Å². The van der Waals surface area contributed by atoms with Gasteiger partial charge in [0.25, 0.3) is 15.9 Å². The summed E-state index contributed by atoms with van der Waals surface area (Å²) in [6, 6.07) is 16.7. The van der Waals surface area contributed by atoms with Crippen LogP contribution >= 0.6 is 11.6 Å². The Hall–Kier alpha value is -3.03. The Morgan fingerprint density at radius 1 is 0.903 bits per heavy atom. The van der Waals surface area contributed by atoms with Crippen LogP contribution in [0.5, 0.6) is 5.75 Å². The van der Waals surface area contributed by atoms with E-state index in [4.69, 9.17) is 16.3 Å². The molecule has 8 heteroatoms. The monoisotopic (exact) mass is 458 g/mol. The van der Waals surface area contributed by atoms with Gasteiger partial charge in [-0.2, -0.15) is 0 Å². The first-order chi connectivity index (χ1) is 14.6. The van der Waals surface area contributed by atoms with Crippen LogP contribution in [0.3, 0.4) is 0 Å². The molecule has 0 radical (unpaired) electrons. The van der Waals surface area contributed by atoms with Crippen LogP contribution in [-0.4, -0.2) is 20.9 Å². The molecule has 0 saturated heterocycles. The molecule has 0 heterocycles. The number of hydrogen-bond acceptors (Lipinski definition) is 4. The van der Waals surface area contributed by atoms with Crippen LogP contribution < -0.4 is 14.8 Å². The Morgan fingerprint density at radius 2 is 1.58 bits per heavy atom. The lowest BCUT2D eigenvalue weighted by molar-refractivity contribution is -0.118. The fourth-order valence-corrected chi connectivity index (χ4v) is 4.15. The van der Waals surface area contributed by atoms with Crippen LogP contribution in [0.1, 0.15) is 16.7 Å². The Bertz CT molecular complexity index is 1210. The Labute approximate surface area is 187 Å². The number of halogens is 1. The number of nitrogens with one attached hydrogen (secondary N) is 2. The van der Waals surface area contributed by atoms with E-state index in [2.05, 4.69) is 10.0 Å². The molecule has 0 fully saturated rings. The minimum Gasteiger partial charge on any atom is -0.482 e. The van der Waals surface area contributed by atoms with Crippen LogP contribution in [0.2, 0.25) is 5.02 Å². The van der Waals surface area contributed by atoms with Gasteiger partial charge in [-0.3, -0.25) is 9.52 Å². The Kier molecular flexibility index (Phi) is 6.87. The number of hydrogen-bond donors (Lipinski definition) is 2. The van der Waals surface area contributed by atoms with Crippen molar-refractivity contribution in [1.82, 2.24) is 0 Å². The third-order valence-electron chi connectivity index (χ3n) is 4.67. The highest BCUT2D eigenvalue weighted by molar-refractivity contribution is 7.92. The summed E-state index contributed by atoms with van der Waals surface area (Å²) in [5.74, 6) is -0.136. The van der Waals surface area contributed by atoms with Crippen molar-refractivity contribution in [2.45, 2.75) is 25.7 Å². The van der Waals surface area contributed by atoms with Crippen molar-refractivity contribution in [3.8, 4) is 5.75 Å². The van der Waals surface area contributed by atoms with Gasteiger partial charge >= 0.3 is 0 Å². The average molecular weight is 459 g/mol. The largest absolute Gasteiger partial charge is 0.482 e. The molecule has 1 amide bonds. The average Bonchev–Trinajstić information content (AvgIpc) is 2.71. The molecule has 0 aliphatic rings. The third kappa shape index (κ3) is 5.99. The summed E-state index contributed by atoms with van der Waals surface area (Å²) in [7, 11) is -3.81. The van der Waals surface area contributed by atoms with Crippen molar-refractivity contribution in [3.63, 3.8) is 0 Å². The molecule has 0 bridgehead atoms. The van der Waals surface area contributed by atoms with E-state index in [1.807, 2.05) is 51.1 Å². The standard InChI is InChI=1S/C23H23ClN2O4S/c1-15-4-7-18(8-5-15)26-31(28,29)20-10-11-22(21(24)13-20)30-14-23(27)25-19-9-6-16(2)17(3)12-19/h4-13,26H,14H2,1-3H3,(H,25,27). The van der Waals surface area contributed by atoms with Crippen LogP contribution in [-0.2, 0) is 14.8 Å². The fourth-order valence-electron chi connectivity index (χ4n) is 2.76. The molecule has 2 N–H and O–H groups in total. The van der Waals surface area contributed by atoms with E-state index in [1.54, 1.807) is 12.1 Å². The number of carbonyl (C=O) groups excluding carboxylic acids is 1. The van der Waals surface area contributed by atoms with Gasteiger partial charge in [0, 0.05) is 11.4 Å². The number of benzene rings is 3. The van der Waals surface area contributed by atoms with Crippen LogP contribution in [0.4, 0.5) is 11.4 Å². The van der Waals surface area contributed by atoms with Gasteiger partial charge in [-0.15, -0.1) is 0 Å². The third-order valence-corrected chi connectivity index (χ3v) is 6.34. The molecule has 0 unspecified atom stereocenters. The molecule has 0 aliphatic carbocycles. The molecule has 31 heavy (non-hydrogen) atoms. The van der Waals surface area contributed by atoms with Crippen molar-refractivity contribution in [2.75, 3.05) is 16.6 Å². The molecule has 0 spiro atoms. The first-order valence-corrected chi connectivity index (χ1v) is 11.4.